The number of amides is 4. The van der Waals surface area contributed by atoms with Crippen molar-refractivity contribution in [3.63, 3.8) is 0 Å². The number of aryl methyl sites for hydroxylation is 2. The number of hydrogen-bond acceptors (Lipinski definition) is 5. The zero-order chi connectivity index (χ0) is 19.4. The highest BCUT2D eigenvalue weighted by molar-refractivity contribution is 7.16. The van der Waals surface area contributed by atoms with Gasteiger partial charge in [0, 0.05) is 16.9 Å². The number of thiazole rings is 1. The minimum absolute atomic E-state index is 0.123. The van der Waals surface area contributed by atoms with Crippen molar-refractivity contribution in [3.8, 4) is 11.3 Å². The van der Waals surface area contributed by atoms with Crippen LogP contribution in [0.3, 0.4) is 0 Å². The van der Waals surface area contributed by atoms with Gasteiger partial charge in [0.1, 0.15) is 6.04 Å². The summed E-state index contributed by atoms with van der Waals surface area (Å²) in [5.74, 6) is -0.630. The first-order chi connectivity index (χ1) is 13.0. The van der Waals surface area contributed by atoms with E-state index in [1.165, 1.54) is 16.9 Å². The van der Waals surface area contributed by atoms with Crippen molar-refractivity contribution < 1.29 is 14.4 Å². The van der Waals surface area contributed by atoms with Crippen LogP contribution >= 0.6 is 11.3 Å². The second-order valence-corrected chi connectivity index (χ2v) is 7.68. The zero-order valence-corrected chi connectivity index (χ0v) is 16.1. The van der Waals surface area contributed by atoms with Crippen molar-refractivity contribution in [2.24, 2.45) is 0 Å². The van der Waals surface area contributed by atoms with Crippen LogP contribution in [0.4, 0.5) is 9.93 Å². The van der Waals surface area contributed by atoms with Gasteiger partial charge in [0.05, 0.1) is 5.69 Å². The lowest BCUT2D eigenvalue weighted by molar-refractivity contribution is -0.120. The Kier molecular flexibility index (Phi) is 5.85. The number of aromatic nitrogens is 1. The van der Waals surface area contributed by atoms with Gasteiger partial charge in [0.15, 0.2) is 5.13 Å². The third kappa shape index (κ3) is 4.71. The second kappa shape index (κ2) is 8.30. The van der Waals surface area contributed by atoms with Gasteiger partial charge in [-0.15, -0.1) is 11.3 Å². The number of carbonyl (C=O) groups is 3. The Labute approximate surface area is 161 Å². The van der Waals surface area contributed by atoms with Gasteiger partial charge in [-0.1, -0.05) is 37.6 Å². The number of imide groups is 1. The third-order valence-electron chi connectivity index (χ3n) is 4.33. The molecule has 1 aromatic heterocycles. The standard InChI is InChI=1S/C19H22N4O3S/c1-3-4-12-5-7-13(8-6-12)16-11(2)27-19(22-16)21-15(24)10-9-14-17(25)23-18(26)20-14/h5-8,14H,3-4,9-10H2,1-2H3,(H,21,22,24)(H2,20,23,25,26). The molecule has 1 fully saturated rings. The number of rotatable bonds is 7. The van der Waals surface area contributed by atoms with Crippen molar-refractivity contribution in [3.05, 3.63) is 34.7 Å². The Hall–Kier alpha value is -2.74. The Balaban J connectivity index is 1.59. The summed E-state index contributed by atoms with van der Waals surface area (Å²) in [5, 5.41) is 7.94. The van der Waals surface area contributed by atoms with E-state index in [0.29, 0.717) is 5.13 Å². The fraction of sp³-hybridized carbons (Fsp3) is 0.368. The van der Waals surface area contributed by atoms with Crippen molar-refractivity contribution in [1.82, 2.24) is 15.6 Å². The van der Waals surface area contributed by atoms with Crippen LogP contribution in [0, 0.1) is 6.92 Å². The van der Waals surface area contributed by atoms with Crippen LogP contribution in [0.15, 0.2) is 24.3 Å². The normalized spacial score (nSPS) is 16.1. The van der Waals surface area contributed by atoms with Crippen molar-refractivity contribution >= 4 is 34.3 Å². The van der Waals surface area contributed by atoms with Crippen molar-refractivity contribution in [1.29, 1.82) is 0 Å². The van der Waals surface area contributed by atoms with E-state index >= 15 is 0 Å². The highest BCUT2D eigenvalue weighted by Crippen LogP contribution is 2.30. The average molecular weight is 386 g/mol. The molecule has 1 aromatic carbocycles. The summed E-state index contributed by atoms with van der Waals surface area (Å²) < 4.78 is 0. The van der Waals surface area contributed by atoms with E-state index in [1.54, 1.807) is 0 Å². The summed E-state index contributed by atoms with van der Waals surface area (Å²) in [4.78, 5) is 40.3. The number of nitrogens with zero attached hydrogens (tertiary/aromatic N) is 1. The van der Waals surface area contributed by atoms with Crippen LogP contribution in [0.5, 0.6) is 0 Å². The largest absolute Gasteiger partial charge is 0.326 e. The Morgan fingerprint density at radius 2 is 2.00 bits per heavy atom. The smallest absolute Gasteiger partial charge is 0.322 e. The first kappa shape index (κ1) is 19.0. The topological polar surface area (TPSA) is 100 Å². The van der Waals surface area contributed by atoms with E-state index in [9.17, 15) is 14.4 Å². The number of benzene rings is 1. The highest BCUT2D eigenvalue weighted by Gasteiger charge is 2.29. The maximum Gasteiger partial charge on any atom is 0.322 e. The molecule has 0 radical (unpaired) electrons. The van der Waals surface area contributed by atoms with Crippen LogP contribution < -0.4 is 16.0 Å². The SMILES string of the molecule is CCCc1ccc(-c2nc(NC(=O)CCC3NC(=O)NC3=O)sc2C)cc1. The minimum Gasteiger partial charge on any atom is -0.326 e. The summed E-state index contributed by atoms with van der Waals surface area (Å²) in [6.07, 6.45) is 2.53. The van der Waals surface area contributed by atoms with Gasteiger partial charge >= 0.3 is 6.03 Å². The minimum atomic E-state index is -0.654. The van der Waals surface area contributed by atoms with E-state index < -0.39 is 18.0 Å². The van der Waals surface area contributed by atoms with Crippen molar-refractivity contribution in [2.45, 2.75) is 45.6 Å². The summed E-state index contributed by atoms with van der Waals surface area (Å²) in [6.45, 7) is 4.13. The maximum absolute atomic E-state index is 12.1. The highest BCUT2D eigenvalue weighted by atomic mass is 32.1. The van der Waals surface area contributed by atoms with Gasteiger partial charge in [-0.2, -0.15) is 0 Å². The lowest BCUT2D eigenvalue weighted by Gasteiger charge is -2.06. The van der Waals surface area contributed by atoms with Crippen LogP contribution in [-0.4, -0.2) is 28.9 Å². The molecule has 7 nitrogen and oxygen atoms in total. The molecule has 1 saturated heterocycles. The molecule has 4 amide bonds. The van der Waals surface area contributed by atoms with Crippen LogP contribution in [0.25, 0.3) is 11.3 Å². The third-order valence-corrected chi connectivity index (χ3v) is 5.21. The summed E-state index contributed by atoms with van der Waals surface area (Å²) >= 11 is 1.42. The number of carbonyl (C=O) groups excluding carboxylic acids is 3. The van der Waals surface area contributed by atoms with Crippen LogP contribution in [0.2, 0.25) is 0 Å². The van der Waals surface area contributed by atoms with E-state index in [0.717, 1.165) is 29.0 Å². The molecule has 1 aliphatic rings. The van der Waals surface area contributed by atoms with Crippen LogP contribution in [0.1, 0.15) is 36.6 Å². The van der Waals surface area contributed by atoms with Gasteiger partial charge in [-0.25, -0.2) is 9.78 Å². The molecule has 1 unspecified atom stereocenters. The van der Waals surface area contributed by atoms with E-state index in [1.807, 2.05) is 6.92 Å². The first-order valence-corrected chi connectivity index (χ1v) is 9.76. The molecule has 3 N–H and O–H groups in total. The average Bonchev–Trinajstić information content (AvgIpc) is 3.15. The van der Waals surface area contributed by atoms with Gasteiger partial charge in [0.25, 0.3) is 5.91 Å². The molecule has 3 rings (SSSR count). The Morgan fingerprint density at radius 3 is 2.63 bits per heavy atom. The lowest BCUT2D eigenvalue weighted by atomic mass is 10.1. The number of nitrogens with one attached hydrogen (secondary N) is 3. The molecular weight excluding hydrogens is 364 g/mol. The predicted molar refractivity (Wildman–Crippen MR) is 105 cm³/mol. The van der Waals surface area contributed by atoms with E-state index in [4.69, 9.17) is 0 Å². The summed E-state index contributed by atoms with van der Waals surface area (Å²) in [6, 6.07) is 7.15. The summed E-state index contributed by atoms with van der Waals surface area (Å²) in [7, 11) is 0. The second-order valence-electron chi connectivity index (χ2n) is 6.47. The maximum atomic E-state index is 12.1. The quantitative estimate of drug-likeness (QED) is 0.637. The van der Waals surface area contributed by atoms with Gasteiger partial charge in [-0.3, -0.25) is 14.9 Å². The molecular formula is C19H22N4O3S. The van der Waals surface area contributed by atoms with Gasteiger partial charge in [-0.05, 0) is 25.3 Å². The molecule has 8 heteroatoms. The molecule has 27 heavy (non-hydrogen) atoms. The molecule has 1 aliphatic heterocycles. The number of urea groups is 1. The zero-order valence-electron chi connectivity index (χ0n) is 15.3. The Bertz CT molecular complexity index is 860. The number of anilines is 1. The molecule has 0 spiro atoms. The molecule has 0 saturated carbocycles. The van der Waals surface area contributed by atoms with Crippen molar-refractivity contribution in [2.75, 3.05) is 5.32 Å². The molecule has 2 heterocycles. The van der Waals surface area contributed by atoms with E-state index in [2.05, 4.69) is 52.1 Å². The molecule has 0 bridgehead atoms. The van der Waals surface area contributed by atoms with Gasteiger partial charge < -0.3 is 10.6 Å². The first-order valence-electron chi connectivity index (χ1n) is 8.94. The fourth-order valence-electron chi connectivity index (χ4n) is 2.96. The molecule has 0 aliphatic carbocycles. The van der Waals surface area contributed by atoms with E-state index in [-0.39, 0.29) is 18.7 Å². The molecule has 142 valence electrons. The lowest BCUT2D eigenvalue weighted by Crippen LogP contribution is -2.30. The van der Waals surface area contributed by atoms with Crippen LogP contribution in [-0.2, 0) is 16.0 Å². The monoisotopic (exact) mass is 386 g/mol. The number of hydrogen-bond donors (Lipinski definition) is 3. The van der Waals surface area contributed by atoms with Gasteiger partial charge in [0.2, 0.25) is 5.91 Å². The molecule has 1 atom stereocenters. The Morgan fingerprint density at radius 1 is 1.26 bits per heavy atom. The summed E-state index contributed by atoms with van der Waals surface area (Å²) in [5.41, 5.74) is 3.18. The molecule has 2 aromatic rings. The predicted octanol–water partition coefficient (Wildman–Crippen LogP) is 3.00. The fourth-order valence-corrected chi connectivity index (χ4v) is 3.81.